The van der Waals surface area contributed by atoms with Crippen LogP contribution in [0.5, 0.6) is 0 Å². The van der Waals surface area contributed by atoms with Crippen LogP contribution in [0, 0.1) is 5.92 Å². The molecule has 0 aromatic heterocycles. The molecule has 0 radical (unpaired) electrons. The number of para-hydroxylation sites is 1. The van der Waals surface area contributed by atoms with Gasteiger partial charge in [0.1, 0.15) is 5.92 Å². The van der Waals surface area contributed by atoms with Crippen LogP contribution in [-0.2, 0) is 14.4 Å². The summed E-state index contributed by atoms with van der Waals surface area (Å²) >= 11 is 6.00. The number of hydrogen-bond donors (Lipinski definition) is 0. The summed E-state index contributed by atoms with van der Waals surface area (Å²) in [5.41, 5.74) is 1.86. The van der Waals surface area contributed by atoms with E-state index in [0.29, 0.717) is 5.02 Å². The zero-order chi connectivity index (χ0) is 17.1. The molecule has 2 aromatic carbocycles. The quantitative estimate of drug-likeness (QED) is 0.770. The van der Waals surface area contributed by atoms with E-state index in [1.807, 2.05) is 68.4 Å². The van der Waals surface area contributed by atoms with E-state index >= 15 is 0 Å². The van der Waals surface area contributed by atoms with Crippen LogP contribution in [-0.4, -0.2) is 18.7 Å². The lowest BCUT2D eigenvalue weighted by molar-refractivity contribution is -0.152. The SMILES string of the molecule is CC(C)OC(=O)[C@H]1CON(c2ccccc2)[C@H]1c1ccc(Cl)cc1. The molecule has 0 unspecified atom stereocenters. The first-order valence-electron chi connectivity index (χ1n) is 7.99. The second kappa shape index (κ2) is 7.24. The van der Waals surface area contributed by atoms with Crippen molar-refractivity contribution in [3.63, 3.8) is 0 Å². The van der Waals surface area contributed by atoms with Crippen LogP contribution in [0.1, 0.15) is 25.5 Å². The predicted molar refractivity (Wildman–Crippen MR) is 93.8 cm³/mol. The smallest absolute Gasteiger partial charge is 0.314 e. The maximum atomic E-state index is 12.5. The monoisotopic (exact) mass is 345 g/mol. The zero-order valence-electron chi connectivity index (χ0n) is 13.7. The lowest BCUT2D eigenvalue weighted by Crippen LogP contribution is -2.30. The minimum absolute atomic E-state index is 0.158. The van der Waals surface area contributed by atoms with Crippen molar-refractivity contribution in [1.29, 1.82) is 0 Å². The molecule has 0 bridgehead atoms. The van der Waals surface area contributed by atoms with Crippen LogP contribution in [0.15, 0.2) is 54.6 Å². The summed E-state index contributed by atoms with van der Waals surface area (Å²) in [6.45, 7) is 3.98. The van der Waals surface area contributed by atoms with E-state index < -0.39 is 5.92 Å². The number of carbonyl (C=O) groups is 1. The minimum Gasteiger partial charge on any atom is -0.463 e. The van der Waals surface area contributed by atoms with Gasteiger partial charge >= 0.3 is 5.97 Å². The molecule has 0 amide bonds. The van der Waals surface area contributed by atoms with Gasteiger partial charge in [-0.2, -0.15) is 0 Å². The number of hydroxylamine groups is 1. The van der Waals surface area contributed by atoms with Gasteiger partial charge in [-0.25, -0.2) is 5.06 Å². The molecule has 2 atom stereocenters. The molecule has 1 aliphatic heterocycles. The predicted octanol–water partition coefficient (Wildman–Crippen LogP) is 4.40. The number of ether oxygens (including phenoxy) is 1. The average molecular weight is 346 g/mol. The van der Waals surface area contributed by atoms with Gasteiger partial charge in [0.05, 0.1) is 24.4 Å². The highest BCUT2D eigenvalue weighted by atomic mass is 35.5. The average Bonchev–Trinajstić information content (AvgIpc) is 3.01. The molecule has 126 valence electrons. The molecule has 4 nitrogen and oxygen atoms in total. The normalized spacial score (nSPS) is 20.4. The highest BCUT2D eigenvalue weighted by molar-refractivity contribution is 6.30. The van der Waals surface area contributed by atoms with Crippen LogP contribution in [0.4, 0.5) is 5.69 Å². The molecule has 1 fully saturated rings. The number of anilines is 1. The molecule has 1 aliphatic rings. The number of halogens is 1. The molecule has 0 spiro atoms. The molecule has 0 aliphatic carbocycles. The van der Waals surface area contributed by atoms with Gasteiger partial charge in [-0.1, -0.05) is 41.9 Å². The van der Waals surface area contributed by atoms with Gasteiger partial charge in [0.2, 0.25) is 0 Å². The Hall–Kier alpha value is -2.04. The van der Waals surface area contributed by atoms with Crippen molar-refractivity contribution in [2.24, 2.45) is 5.92 Å². The first-order chi connectivity index (χ1) is 11.6. The maximum Gasteiger partial charge on any atom is 0.314 e. The molecule has 5 heteroatoms. The molecule has 3 rings (SSSR count). The number of carbonyl (C=O) groups excluding carboxylic acids is 1. The van der Waals surface area contributed by atoms with Gasteiger partial charge in [0, 0.05) is 5.02 Å². The van der Waals surface area contributed by atoms with Gasteiger partial charge < -0.3 is 4.74 Å². The van der Waals surface area contributed by atoms with E-state index in [9.17, 15) is 4.79 Å². The third-order valence-electron chi connectivity index (χ3n) is 3.90. The number of nitrogens with zero attached hydrogens (tertiary/aromatic N) is 1. The fourth-order valence-electron chi connectivity index (χ4n) is 2.85. The van der Waals surface area contributed by atoms with Crippen molar-refractivity contribution >= 4 is 23.3 Å². The summed E-state index contributed by atoms with van der Waals surface area (Å²) in [6.07, 6.45) is -0.158. The summed E-state index contributed by atoms with van der Waals surface area (Å²) in [4.78, 5) is 18.4. The third kappa shape index (κ3) is 3.55. The molecule has 1 heterocycles. The van der Waals surface area contributed by atoms with Crippen molar-refractivity contribution in [1.82, 2.24) is 0 Å². The van der Waals surface area contributed by atoms with E-state index in [1.165, 1.54) is 0 Å². The Morgan fingerprint density at radius 2 is 1.83 bits per heavy atom. The summed E-state index contributed by atoms with van der Waals surface area (Å²) in [5, 5.41) is 2.44. The second-order valence-corrected chi connectivity index (χ2v) is 6.48. The number of hydrogen-bond acceptors (Lipinski definition) is 4. The van der Waals surface area contributed by atoms with E-state index in [4.69, 9.17) is 21.2 Å². The lowest BCUT2D eigenvalue weighted by Gasteiger charge is -2.27. The minimum atomic E-state index is -0.395. The second-order valence-electron chi connectivity index (χ2n) is 6.05. The number of benzene rings is 2. The van der Waals surface area contributed by atoms with Crippen LogP contribution < -0.4 is 5.06 Å². The van der Waals surface area contributed by atoms with E-state index in [2.05, 4.69) is 0 Å². The van der Waals surface area contributed by atoms with E-state index in [1.54, 1.807) is 5.06 Å². The standard InChI is InChI=1S/C19H20ClNO3/c1-13(2)24-19(22)17-12-23-21(16-6-4-3-5-7-16)18(17)14-8-10-15(20)11-9-14/h3-11,13,17-18H,12H2,1-2H3/t17-,18-/m0/s1. The van der Waals surface area contributed by atoms with Crippen molar-refractivity contribution in [3.8, 4) is 0 Å². The third-order valence-corrected chi connectivity index (χ3v) is 4.16. The summed E-state index contributed by atoms with van der Waals surface area (Å²) < 4.78 is 5.42. The van der Waals surface area contributed by atoms with Crippen LogP contribution >= 0.6 is 11.6 Å². The van der Waals surface area contributed by atoms with Crippen LogP contribution in [0.2, 0.25) is 5.02 Å². The van der Waals surface area contributed by atoms with E-state index in [-0.39, 0.29) is 24.7 Å². The Bertz CT molecular complexity index is 688. The van der Waals surface area contributed by atoms with E-state index in [0.717, 1.165) is 11.3 Å². The van der Waals surface area contributed by atoms with Crippen molar-refractivity contribution in [2.75, 3.05) is 11.7 Å². The molecular weight excluding hydrogens is 326 g/mol. The summed E-state index contributed by atoms with van der Waals surface area (Å²) in [5.74, 6) is -0.642. The summed E-state index contributed by atoms with van der Waals surface area (Å²) in [7, 11) is 0. The Kier molecular flexibility index (Phi) is 5.07. The molecule has 0 saturated carbocycles. The number of esters is 1. The Balaban J connectivity index is 1.95. The Morgan fingerprint density at radius 3 is 2.46 bits per heavy atom. The highest BCUT2D eigenvalue weighted by Gasteiger charge is 2.42. The lowest BCUT2D eigenvalue weighted by atomic mass is 9.94. The Morgan fingerprint density at radius 1 is 1.17 bits per heavy atom. The largest absolute Gasteiger partial charge is 0.463 e. The first-order valence-corrected chi connectivity index (χ1v) is 8.37. The molecule has 0 N–H and O–H groups in total. The van der Waals surface area contributed by atoms with Crippen molar-refractivity contribution in [2.45, 2.75) is 26.0 Å². The molecule has 24 heavy (non-hydrogen) atoms. The molecular formula is C19H20ClNO3. The zero-order valence-corrected chi connectivity index (χ0v) is 14.4. The van der Waals surface area contributed by atoms with Crippen molar-refractivity contribution in [3.05, 3.63) is 65.2 Å². The van der Waals surface area contributed by atoms with Gasteiger partial charge in [-0.05, 0) is 43.7 Å². The maximum absolute atomic E-state index is 12.5. The summed E-state index contributed by atoms with van der Waals surface area (Å²) in [6, 6.07) is 17.0. The molecule has 1 saturated heterocycles. The molecule has 2 aromatic rings. The van der Waals surface area contributed by atoms with Gasteiger partial charge in [-0.15, -0.1) is 0 Å². The van der Waals surface area contributed by atoms with Crippen LogP contribution in [0.25, 0.3) is 0 Å². The van der Waals surface area contributed by atoms with Gasteiger partial charge in [0.25, 0.3) is 0 Å². The van der Waals surface area contributed by atoms with Crippen LogP contribution in [0.3, 0.4) is 0 Å². The fraction of sp³-hybridized carbons (Fsp3) is 0.316. The first kappa shape index (κ1) is 16.8. The topological polar surface area (TPSA) is 38.8 Å². The highest BCUT2D eigenvalue weighted by Crippen LogP contribution is 2.39. The number of rotatable bonds is 4. The fourth-order valence-corrected chi connectivity index (χ4v) is 2.98. The van der Waals surface area contributed by atoms with Gasteiger partial charge in [0.15, 0.2) is 0 Å². The van der Waals surface area contributed by atoms with Gasteiger partial charge in [-0.3, -0.25) is 9.63 Å². The Labute approximate surface area is 146 Å². The van der Waals surface area contributed by atoms with Crippen molar-refractivity contribution < 1.29 is 14.4 Å².